The first-order chi connectivity index (χ1) is 6.60. The molecule has 1 saturated heterocycles. The first-order valence-corrected chi connectivity index (χ1v) is 5.07. The molecular weight excluding hydrogens is 180 g/mol. The third kappa shape index (κ3) is 2.45. The van der Waals surface area contributed by atoms with Gasteiger partial charge in [-0.2, -0.15) is 0 Å². The molecule has 0 unspecified atom stereocenters. The highest BCUT2D eigenvalue weighted by molar-refractivity contribution is 5.89. The summed E-state index contributed by atoms with van der Waals surface area (Å²) < 4.78 is 10.8. The van der Waals surface area contributed by atoms with E-state index >= 15 is 0 Å². The molecule has 1 aliphatic heterocycles. The fourth-order valence-corrected chi connectivity index (χ4v) is 1.66. The molecule has 0 spiro atoms. The number of aliphatic imine (C=N–C) groups is 1. The molecule has 1 fully saturated rings. The second kappa shape index (κ2) is 4.75. The number of nitrogens with two attached hydrogens (primary N) is 1. The molecule has 0 aromatic carbocycles. The Balaban J connectivity index is 2.77. The third-order valence-electron chi connectivity index (χ3n) is 2.56. The van der Waals surface area contributed by atoms with Gasteiger partial charge in [-0.05, 0) is 13.8 Å². The van der Waals surface area contributed by atoms with Crippen LogP contribution < -0.4 is 5.73 Å². The molecule has 0 aromatic rings. The lowest BCUT2D eigenvalue weighted by atomic mass is 9.92. The minimum atomic E-state index is -0.386. The molecule has 0 bridgehead atoms. The first-order valence-electron chi connectivity index (χ1n) is 5.07. The molecule has 0 aliphatic carbocycles. The molecule has 4 nitrogen and oxygen atoms in total. The van der Waals surface area contributed by atoms with Gasteiger partial charge in [0.2, 0.25) is 0 Å². The van der Waals surface area contributed by atoms with Gasteiger partial charge in [-0.15, -0.1) is 0 Å². The van der Waals surface area contributed by atoms with E-state index in [-0.39, 0.29) is 11.6 Å². The van der Waals surface area contributed by atoms with Crippen molar-refractivity contribution in [3.8, 4) is 0 Å². The molecule has 1 rings (SSSR count). The Morgan fingerprint density at radius 2 is 2.00 bits per heavy atom. The Hall–Kier alpha value is -0.610. The summed E-state index contributed by atoms with van der Waals surface area (Å²) in [6.45, 7) is 5.41. The lowest BCUT2D eigenvalue weighted by molar-refractivity contribution is -0.0469. The van der Waals surface area contributed by atoms with E-state index in [9.17, 15) is 0 Å². The predicted octanol–water partition coefficient (Wildman–Crippen LogP) is 0.948. The van der Waals surface area contributed by atoms with Crippen LogP contribution in [0.2, 0.25) is 0 Å². The molecule has 0 saturated carbocycles. The Morgan fingerprint density at radius 3 is 2.43 bits per heavy atom. The average molecular weight is 200 g/mol. The van der Waals surface area contributed by atoms with Crippen LogP contribution in [-0.2, 0) is 9.47 Å². The quantitative estimate of drug-likeness (QED) is 0.545. The summed E-state index contributed by atoms with van der Waals surface area (Å²) in [7, 11) is 1.69. The number of hydrogen-bond donors (Lipinski definition) is 1. The molecule has 0 radical (unpaired) electrons. The maximum absolute atomic E-state index is 5.96. The van der Waals surface area contributed by atoms with Gasteiger partial charge < -0.3 is 15.2 Å². The smallest absolute Gasteiger partial charge is 0.129 e. The maximum atomic E-state index is 5.96. The molecule has 0 aromatic heterocycles. The van der Waals surface area contributed by atoms with Crippen molar-refractivity contribution in [3.63, 3.8) is 0 Å². The topological polar surface area (TPSA) is 56.8 Å². The molecule has 1 heterocycles. The number of nitrogens with zero attached hydrogens (tertiary/aromatic N) is 1. The molecule has 82 valence electrons. The Kier molecular flexibility index (Phi) is 3.89. The van der Waals surface area contributed by atoms with Crippen LogP contribution in [0.1, 0.15) is 26.7 Å². The van der Waals surface area contributed by atoms with Crippen molar-refractivity contribution < 1.29 is 9.47 Å². The van der Waals surface area contributed by atoms with Crippen LogP contribution in [0.15, 0.2) is 4.99 Å². The summed E-state index contributed by atoms with van der Waals surface area (Å²) >= 11 is 0. The molecule has 0 atom stereocenters. The number of ether oxygens (including phenoxy) is 2. The summed E-state index contributed by atoms with van der Waals surface area (Å²) in [5.74, 6) is 0.610. The van der Waals surface area contributed by atoms with Gasteiger partial charge in [0.15, 0.2) is 0 Å². The highest BCUT2D eigenvalue weighted by Crippen LogP contribution is 2.24. The summed E-state index contributed by atoms with van der Waals surface area (Å²) in [5, 5.41) is 0. The fourth-order valence-electron chi connectivity index (χ4n) is 1.66. The number of rotatable bonds is 3. The minimum absolute atomic E-state index is 0.213. The van der Waals surface area contributed by atoms with Crippen molar-refractivity contribution in [2.24, 2.45) is 10.7 Å². The van der Waals surface area contributed by atoms with E-state index in [1.807, 2.05) is 13.8 Å². The van der Waals surface area contributed by atoms with E-state index in [2.05, 4.69) is 4.99 Å². The zero-order valence-electron chi connectivity index (χ0n) is 9.25. The number of methoxy groups -OCH3 is 1. The van der Waals surface area contributed by atoms with Crippen LogP contribution in [0, 0.1) is 0 Å². The van der Waals surface area contributed by atoms with Gasteiger partial charge in [-0.1, -0.05) is 0 Å². The van der Waals surface area contributed by atoms with E-state index in [4.69, 9.17) is 15.2 Å². The van der Waals surface area contributed by atoms with Gasteiger partial charge in [0.1, 0.15) is 11.4 Å². The molecule has 14 heavy (non-hydrogen) atoms. The van der Waals surface area contributed by atoms with Crippen LogP contribution in [0.4, 0.5) is 0 Å². The Labute approximate surface area is 85.5 Å². The van der Waals surface area contributed by atoms with Crippen molar-refractivity contribution in [1.29, 1.82) is 0 Å². The lowest BCUT2D eigenvalue weighted by Gasteiger charge is -2.35. The SMILES string of the molecule is COC1(C(N)=NC(C)C)CCOCC1. The van der Waals surface area contributed by atoms with Crippen LogP contribution in [0.25, 0.3) is 0 Å². The monoisotopic (exact) mass is 200 g/mol. The van der Waals surface area contributed by atoms with E-state index in [0.717, 1.165) is 12.8 Å². The van der Waals surface area contributed by atoms with Crippen molar-refractivity contribution in [2.45, 2.75) is 38.3 Å². The van der Waals surface area contributed by atoms with Gasteiger partial charge in [0, 0.05) is 39.2 Å². The fraction of sp³-hybridized carbons (Fsp3) is 0.900. The van der Waals surface area contributed by atoms with Crippen molar-refractivity contribution in [1.82, 2.24) is 0 Å². The average Bonchev–Trinajstić information content (AvgIpc) is 2.18. The number of amidine groups is 1. The minimum Gasteiger partial charge on any atom is -0.385 e. The van der Waals surface area contributed by atoms with E-state index in [1.165, 1.54) is 0 Å². The zero-order chi connectivity index (χ0) is 10.6. The molecule has 1 aliphatic rings. The van der Waals surface area contributed by atoms with Gasteiger partial charge >= 0.3 is 0 Å². The van der Waals surface area contributed by atoms with Crippen molar-refractivity contribution >= 4 is 5.84 Å². The van der Waals surface area contributed by atoms with E-state index < -0.39 is 0 Å². The van der Waals surface area contributed by atoms with E-state index in [1.54, 1.807) is 7.11 Å². The summed E-state index contributed by atoms with van der Waals surface area (Å²) in [6, 6.07) is 0.213. The molecule has 4 heteroatoms. The highest BCUT2D eigenvalue weighted by atomic mass is 16.5. The van der Waals surface area contributed by atoms with Gasteiger partial charge in [-0.25, -0.2) is 0 Å². The predicted molar refractivity (Wildman–Crippen MR) is 56.6 cm³/mol. The summed E-state index contributed by atoms with van der Waals surface area (Å²) in [6.07, 6.45) is 1.59. The molecule has 2 N–H and O–H groups in total. The van der Waals surface area contributed by atoms with E-state index in [0.29, 0.717) is 19.0 Å². The number of hydrogen-bond acceptors (Lipinski definition) is 3. The normalized spacial score (nSPS) is 22.7. The van der Waals surface area contributed by atoms with Crippen molar-refractivity contribution in [2.75, 3.05) is 20.3 Å². The second-order valence-electron chi connectivity index (χ2n) is 3.92. The molecular formula is C10H20N2O2. The maximum Gasteiger partial charge on any atom is 0.129 e. The highest BCUT2D eigenvalue weighted by Gasteiger charge is 2.36. The molecule has 0 amide bonds. The Morgan fingerprint density at radius 1 is 1.43 bits per heavy atom. The first kappa shape index (κ1) is 11.5. The van der Waals surface area contributed by atoms with Crippen LogP contribution >= 0.6 is 0 Å². The second-order valence-corrected chi connectivity index (χ2v) is 3.92. The third-order valence-corrected chi connectivity index (χ3v) is 2.56. The zero-order valence-corrected chi connectivity index (χ0v) is 9.25. The van der Waals surface area contributed by atoms with Crippen LogP contribution in [0.3, 0.4) is 0 Å². The Bertz CT molecular complexity index is 208. The lowest BCUT2D eigenvalue weighted by Crippen LogP contribution is -2.50. The summed E-state index contributed by atoms with van der Waals surface area (Å²) in [5.41, 5.74) is 5.58. The van der Waals surface area contributed by atoms with Crippen LogP contribution in [0.5, 0.6) is 0 Å². The van der Waals surface area contributed by atoms with Gasteiger partial charge in [0.05, 0.1) is 0 Å². The van der Waals surface area contributed by atoms with Gasteiger partial charge in [-0.3, -0.25) is 4.99 Å². The summed E-state index contributed by atoms with van der Waals surface area (Å²) in [4.78, 5) is 4.36. The van der Waals surface area contributed by atoms with Crippen LogP contribution in [-0.4, -0.2) is 37.8 Å². The largest absolute Gasteiger partial charge is 0.385 e. The standard InChI is InChI=1S/C10H20N2O2/c1-8(2)12-9(11)10(13-3)4-6-14-7-5-10/h8H,4-7H2,1-3H3,(H2,11,12). The van der Waals surface area contributed by atoms with Gasteiger partial charge in [0.25, 0.3) is 0 Å². The van der Waals surface area contributed by atoms with Crippen molar-refractivity contribution in [3.05, 3.63) is 0 Å².